The Balaban J connectivity index is 2.25. The quantitative estimate of drug-likeness (QED) is 0.519. The van der Waals surface area contributed by atoms with E-state index in [1.807, 2.05) is 0 Å². The first kappa shape index (κ1) is 14.9. The highest BCUT2D eigenvalue weighted by Gasteiger charge is 2.01. The zero-order valence-corrected chi connectivity index (χ0v) is 12.2. The van der Waals surface area contributed by atoms with Crippen molar-refractivity contribution < 1.29 is 0 Å². The fourth-order valence-electron chi connectivity index (χ4n) is 2.12. The zero-order chi connectivity index (χ0) is 13.4. The maximum Gasteiger partial charge on any atom is 0.0576 e. The van der Waals surface area contributed by atoms with Crippen molar-refractivity contribution in [3.05, 3.63) is 23.3 Å². The van der Waals surface area contributed by atoms with Gasteiger partial charge in [-0.15, -0.1) is 0 Å². The fraction of sp³-hybridized carbons (Fsp3) is 0.625. The smallest absolute Gasteiger partial charge is 0.0576 e. The molecule has 0 bridgehead atoms. The van der Waals surface area contributed by atoms with E-state index in [2.05, 4.69) is 38.2 Å². The van der Waals surface area contributed by atoms with Crippen LogP contribution in [0.1, 0.15) is 56.6 Å². The largest absolute Gasteiger partial charge is 0.397 e. The molecule has 1 rings (SSSR count). The van der Waals surface area contributed by atoms with Crippen molar-refractivity contribution in [2.45, 2.75) is 59.3 Å². The van der Waals surface area contributed by atoms with Crippen LogP contribution in [0.4, 0.5) is 11.4 Å². The summed E-state index contributed by atoms with van der Waals surface area (Å²) >= 11 is 0. The van der Waals surface area contributed by atoms with Crippen LogP contribution in [0.3, 0.4) is 0 Å². The molecule has 0 aromatic heterocycles. The maximum atomic E-state index is 6.01. The van der Waals surface area contributed by atoms with Gasteiger partial charge in [0.05, 0.1) is 11.4 Å². The van der Waals surface area contributed by atoms with Crippen molar-refractivity contribution in [2.75, 3.05) is 17.6 Å². The zero-order valence-electron chi connectivity index (χ0n) is 12.2. The minimum atomic E-state index is 0.865. The van der Waals surface area contributed by atoms with Crippen LogP contribution < -0.4 is 11.1 Å². The van der Waals surface area contributed by atoms with Gasteiger partial charge in [-0.3, -0.25) is 0 Å². The van der Waals surface area contributed by atoms with Crippen molar-refractivity contribution in [1.82, 2.24) is 0 Å². The number of unbranched alkanes of at least 4 members (excludes halogenated alkanes) is 5. The van der Waals surface area contributed by atoms with Gasteiger partial charge < -0.3 is 11.1 Å². The monoisotopic (exact) mass is 248 g/mol. The topological polar surface area (TPSA) is 38.0 Å². The van der Waals surface area contributed by atoms with Gasteiger partial charge in [-0.25, -0.2) is 0 Å². The SMILES string of the molecule is CCCCCCCCNc1cc(C)c(C)cc1N. The van der Waals surface area contributed by atoms with E-state index in [-0.39, 0.29) is 0 Å². The normalized spacial score (nSPS) is 10.6. The molecule has 0 fully saturated rings. The molecule has 0 aliphatic heterocycles. The molecule has 2 nitrogen and oxygen atoms in total. The number of aryl methyl sites for hydroxylation is 2. The molecule has 0 amide bonds. The summed E-state index contributed by atoms with van der Waals surface area (Å²) in [5, 5.41) is 3.45. The molecule has 0 saturated carbocycles. The van der Waals surface area contributed by atoms with Gasteiger partial charge >= 0.3 is 0 Å². The Morgan fingerprint density at radius 2 is 1.56 bits per heavy atom. The van der Waals surface area contributed by atoms with Crippen LogP contribution in [0.5, 0.6) is 0 Å². The molecule has 1 aromatic carbocycles. The summed E-state index contributed by atoms with van der Waals surface area (Å²) in [5.74, 6) is 0. The third-order valence-electron chi connectivity index (χ3n) is 3.51. The summed E-state index contributed by atoms with van der Waals surface area (Å²) in [6.45, 7) is 7.51. The summed E-state index contributed by atoms with van der Waals surface area (Å²) in [6, 6.07) is 4.21. The number of benzene rings is 1. The lowest BCUT2D eigenvalue weighted by atomic mass is 10.1. The molecule has 3 N–H and O–H groups in total. The Bertz CT molecular complexity index is 358. The minimum Gasteiger partial charge on any atom is -0.397 e. The van der Waals surface area contributed by atoms with Crippen LogP contribution in [-0.2, 0) is 0 Å². The number of nitrogens with two attached hydrogens (primary N) is 1. The highest BCUT2D eigenvalue weighted by Crippen LogP contribution is 2.22. The van der Waals surface area contributed by atoms with Gasteiger partial charge in [0.15, 0.2) is 0 Å². The molecule has 102 valence electrons. The van der Waals surface area contributed by atoms with E-state index >= 15 is 0 Å². The molecule has 0 atom stereocenters. The number of anilines is 2. The van der Waals surface area contributed by atoms with E-state index in [1.165, 1.54) is 49.7 Å². The molecule has 0 aliphatic rings. The second-order valence-electron chi connectivity index (χ2n) is 5.22. The highest BCUT2D eigenvalue weighted by atomic mass is 14.9. The van der Waals surface area contributed by atoms with Gasteiger partial charge in [-0.2, -0.15) is 0 Å². The Kier molecular flexibility index (Phi) is 6.63. The van der Waals surface area contributed by atoms with Crippen molar-refractivity contribution in [3.63, 3.8) is 0 Å². The van der Waals surface area contributed by atoms with Crippen LogP contribution in [-0.4, -0.2) is 6.54 Å². The number of hydrogen-bond acceptors (Lipinski definition) is 2. The van der Waals surface area contributed by atoms with Crippen molar-refractivity contribution in [1.29, 1.82) is 0 Å². The van der Waals surface area contributed by atoms with E-state index < -0.39 is 0 Å². The third kappa shape index (κ3) is 4.99. The molecule has 0 aliphatic carbocycles. The summed E-state index contributed by atoms with van der Waals surface area (Å²) in [7, 11) is 0. The van der Waals surface area contributed by atoms with E-state index in [4.69, 9.17) is 5.73 Å². The lowest BCUT2D eigenvalue weighted by Gasteiger charge is -2.12. The molecule has 0 heterocycles. The number of nitrogen functional groups attached to an aromatic ring is 1. The van der Waals surface area contributed by atoms with Crippen LogP contribution in [0.25, 0.3) is 0 Å². The Morgan fingerprint density at radius 1 is 0.944 bits per heavy atom. The molecule has 18 heavy (non-hydrogen) atoms. The molecule has 0 unspecified atom stereocenters. The van der Waals surface area contributed by atoms with Gasteiger partial charge in [0.25, 0.3) is 0 Å². The molecule has 0 radical (unpaired) electrons. The Labute approximate surface area is 112 Å². The van der Waals surface area contributed by atoms with Gasteiger partial charge in [-0.05, 0) is 43.5 Å². The molecular formula is C16H28N2. The van der Waals surface area contributed by atoms with E-state index in [0.717, 1.165) is 17.9 Å². The number of hydrogen-bond donors (Lipinski definition) is 2. The van der Waals surface area contributed by atoms with Gasteiger partial charge in [-0.1, -0.05) is 39.0 Å². The summed E-state index contributed by atoms with van der Waals surface area (Å²) in [5.41, 5.74) is 10.5. The average Bonchev–Trinajstić information content (AvgIpc) is 2.34. The summed E-state index contributed by atoms with van der Waals surface area (Å²) < 4.78 is 0. The first-order valence-corrected chi connectivity index (χ1v) is 7.25. The second-order valence-corrected chi connectivity index (χ2v) is 5.22. The molecular weight excluding hydrogens is 220 g/mol. The van der Waals surface area contributed by atoms with Crippen molar-refractivity contribution in [3.8, 4) is 0 Å². The molecule has 0 spiro atoms. The molecule has 2 heteroatoms. The predicted octanol–water partition coefficient (Wildman–Crippen LogP) is 4.66. The third-order valence-corrected chi connectivity index (χ3v) is 3.51. The molecule has 0 saturated heterocycles. The fourth-order valence-corrected chi connectivity index (χ4v) is 2.12. The first-order chi connectivity index (χ1) is 8.65. The first-order valence-electron chi connectivity index (χ1n) is 7.25. The maximum absolute atomic E-state index is 6.01. The number of rotatable bonds is 8. The van der Waals surface area contributed by atoms with Gasteiger partial charge in [0.1, 0.15) is 0 Å². The second kappa shape index (κ2) is 8.02. The average molecular weight is 248 g/mol. The lowest BCUT2D eigenvalue weighted by Crippen LogP contribution is -2.05. The van der Waals surface area contributed by atoms with E-state index in [1.54, 1.807) is 0 Å². The standard InChI is InChI=1S/C16H28N2/c1-4-5-6-7-8-9-10-18-16-12-14(3)13(2)11-15(16)17/h11-12,18H,4-10,17H2,1-3H3. The van der Waals surface area contributed by atoms with Crippen molar-refractivity contribution in [2.24, 2.45) is 0 Å². The van der Waals surface area contributed by atoms with Gasteiger partial charge in [0, 0.05) is 6.54 Å². The minimum absolute atomic E-state index is 0.865. The summed E-state index contributed by atoms with van der Waals surface area (Å²) in [4.78, 5) is 0. The summed E-state index contributed by atoms with van der Waals surface area (Å²) in [6.07, 6.45) is 7.98. The van der Waals surface area contributed by atoms with Crippen LogP contribution in [0.15, 0.2) is 12.1 Å². The van der Waals surface area contributed by atoms with E-state index in [0.29, 0.717) is 0 Å². The molecule has 1 aromatic rings. The number of nitrogens with one attached hydrogen (secondary N) is 1. The van der Waals surface area contributed by atoms with E-state index in [9.17, 15) is 0 Å². The van der Waals surface area contributed by atoms with Gasteiger partial charge in [0.2, 0.25) is 0 Å². The van der Waals surface area contributed by atoms with Crippen molar-refractivity contribution >= 4 is 11.4 Å². The Hall–Kier alpha value is -1.18. The predicted molar refractivity (Wildman–Crippen MR) is 82.2 cm³/mol. The highest BCUT2D eigenvalue weighted by molar-refractivity contribution is 5.68. The Morgan fingerprint density at radius 3 is 2.28 bits per heavy atom. The van der Waals surface area contributed by atoms with Crippen LogP contribution in [0, 0.1) is 13.8 Å². The van der Waals surface area contributed by atoms with Crippen LogP contribution in [0.2, 0.25) is 0 Å². The lowest BCUT2D eigenvalue weighted by molar-refractivity contribution is 0.617. The van der Waals surface area contributed by atoms with Crippen LogP contribution >= 0.6 is 0 Å².